The number of nitrogens with one attached hydrogen (secondary N) is 1. The van der Waals surface area contributed by atoms with E-state index < -0.39 is 5.82 Å². The summed E-state index contributed by atoms with van der Waals surface area (Å²) in [7, 11) is 1.60. The molecule has 1 saturated carbocycles. The van der Waals surface area contributed by atoms with Crippen molar-refractivity contribution in [2.45, 2.75) is 38.8 Å². The first-order valence-electron chi connectivity index (χ1n) is 11.4. The van der Waals surface area contributed by atoms with Crippen LogP contribution in [0.25, 0.3) is 0 Å². The van der Waals surface area contributed by atoms with Gasteiger partial charge in [-0.25, -0.2) is 9.07 Å². The summed E-state index contributed by atoms with van der Waals surface area (Å²) in [6, 6.07) is 6.78. The van der Waals surface area contributed by atoms with Crippen molar-refractivity contribution in [2.24, 2.45) is 11.8 Å². The van der Waals surface area contributed by atoms with Crippen LogP contribution in [0.2, 0.25) is 5.02 Å². The predicted octanol–water partition coefficient (Wildman–Crippen LogP) is 4.57. The molecule has 5 rings (SSSR count). The summed E-state index contributed by atoms with van der Waals surface area (Å²) in [4.78, 5) is 6.95. The van der Waals surface area contributed by atoms with E-state index in [9.17, 15) is 4.39 Å². The highest BCUT2D eigenvalue weighted by Gasteiger charge is 2.43. The van der Waals surface area contributed by atoms with Gasteiger partial charge in [0.15, 0.2) is 0 Å². The van der Waals surface area contributed by atoms with Gasteiger partial charge in [0.25, 0.3) is 0 Å². The molecular weight excluding hydrogens is 461 g/mol. The number of fused-ring (bicyclic) bond motifs is 2. The Hall–Kier alpha value is -3.14. The molecule has 9 nitrogen and oxygen atoms in total. The standard InChI is InChI=1S/C23H27ClFN7O2/c1-13(2)32-23(34-17-6-7-19(25)18(24)9-17)28-22(30-32)27-21-14-4-5-15(21)12-31(11-14)16-8-20(33-3)29-26-10-16/h6-10,13-15,21H,4-5,11-12H2,1-3H3,(H,27,30)/t14-,15+,21-. The van der Waals surface area contributed by atoms with E-state index in [0.29, 0.717) is 35.4 Å². The maximum Gasteiger partial charge on any atom is 0.322 e. The van der Waals surface area contributed by atoms with Crippen molar-refractivity contribution in [3.8, 4) is 17.6 Å². The van der Waals surface area contributed by atoms with E-state index in [0.717, 1.165) is 31.6 Å². The lowest BCUT2D eigenvalue weighted by molar-refractivity contribution is 0.372. The van der Waals surface area contributed by atoms with E-state index in [4.69, 9.17) is 21.1 Å². The van der Waals surface area contributed by atoms with E-state index in [1.807, 2.05) is 19.9 Å². The summed E-state index contributed by atoms with van der Waals surface area (Å²) in [6.07, 6.45) is 4.06. The van der Waals surface area contributed by atoms with Crippen LogP contribution in [0.3, 0.4) is 0 Å². The van der Waals surface area contributed by atoms with Gasteiger partial charge in [0.05, 0.1) is 30.1 Å². The maximum atomic E-state index is 13.5. The van der Waals surface area contributed by atoms with Gasteiger partial charge in [-0.05, 0) is 50.7 Å². The second-order valence-electron chi connectivity index (χ2n) is 9.06. The number of aromatic nitrogens is 5. The first-order valence-corrected chi connectivity index (χ1v) is 11.8. The molecule has 34 heavy (non-hydrogen) atoms. The molecule has 11 heteroatoms. The van der Waals surface area contributed by atoms with Crippen molar-refractivity contribution in [2.75, 3.05) is 30.4 Å². The summed E-state index contributed by atoms with van der Waals surface area (Å²) in [5.74, 6) is 1.85. The number of halogens is 2. The molecular formula is C23H27ClFN7O2. The molecule has 1 aliphatic carbocycles. The molecule has 2 aliphatic rings. The third-order valence-electron chi connectivity index (χ3n) is 6.51. The van der Waals surface area contributed by atoms with Crippen LogP contribution in [-0.2, 0) is 0 Å². The fourth-order valence-corrected chi connectivity index (χ4v) is 5.02. The molecule has 3 aromatic rings. The van der Waals surface area contributed by atoms with E-state index in [-0.39, 0.29) is 17.1 Å². The van der Waals surface area contributed by atoms with Gasteiger partial charge in [-0.1, -0.05) is 11.6 Å². The Morgan fingerprint density at radius 2 is 1.94 bits per heavy atom. The number of anilines is 2. The van der Waals surface area contributed by atoms with Crippen LogP contribution in [0, 0.1) is 17.7 Å². The van der Waals surface area contributed by atoms with Gasteiger partial charge >= 0.3 is 6.01 Å². The highest BCUT2D eigenvalue weighted by atomic mass is 35.5. The number of hydrogen-bond acceptors (Lipinski definition) is 8. The molecule has 1 saturated heterocycles. The zero-order valence-electron chi connectivity index (χ0n) is 19.3. The average Bonchev–Trinajstić information content (AvgIpc) is 3.32. The molecule has 0 radical (unpaired) electrons. The number of methoxy groups -OCH3 is 1. The molecule has 0 spiro atoms. The summed E-state index contributed by atoms with van der Waals surface area (Å²) < 4.78 is 26.4. The lowest BCUT2D eigenvalue weighted by Crippen LogP contribution is -2.48. The summed E-state index contributed by atoms with van der Waals surface area (Å²) in [5.41, 5.74) is 1.03. The lowest BCUT2D eigenvalue weighted by Gasteiger charge is -2.39. The van der Waals surface area contributed by atoms with E-state index in [1.54, 1.807) is 18.0 Å². The molecule has 1 aromatic carbocycles. The molecule has 180 valence electrons. The third-order valence-corrected chi connectivity index (χ3v) is 6.80. The fourth-order valence-electron chi connectivity index (χ4n) is 4.85. The van der Waals surface area contributed by atoms with Gasteiger partial charge < -0.3 is 19.7 Å². The summed E-state index contributed by atoms with van der Waals surface area (Å²) in [5, 5.41) is 16.3. The first kappa shape index (κ1) is 22.6. The largest absolute Gasteiger partial charge is 0.480 e. The van der Waals surface area contributed by atoms with E-state index >= 15 is 0 Å². The zero-order valence-corrected chi connectivity index (χ0v) is 20.0. The number of piperidine rings is 1. The van der Waals surface area contributed by atoms with Gasteiger partial charge in [0.2, 0.25) is 11.8 Å². The minimum absolute atomic E-state index is 0.00295. The van der Waals surface area contributed by atoms with E-state index in [1.165, 1.54) is 18.2 Å². The van der Waals surface area contributed by atoms with Crippen LogP contribution in [0.5, 0.6) is 17.6 Å². The number of nitrogens with zero attached hydrogens (tertiary/aromatic N) is 6. The van der Waals surface area contributed by atoms with Crippen LogP contribution >= 0.6 is 11.6 Å². The average molecular weight is 488 g/mol. The second kappa shape index (κ2) is 9.25. The molecule has 3 heterocycles. The topological polar surface area (TPSA) is 90.2 Å². The monoisotopic (exact) mass is 487 g/mol. The van der Waals surface area contributed by atoms with Crippen molar-refractivity contribution in [1.29, 1.82) is 0 Å². The Balaban J connectivity index is 1.32. The van der Waals surface area contributed by atoms with Crippen molar-refractivity contribution in [1.82, 2.24) is 25.0 Å². The van der Waals surface area contributed by atoms with Crippen LogP contribution in [0.1, 0.15) is 32.7 Å². The Bertz CT molecular complexity index is 1160. The Labute approximate surface area is 202 Å². The number of hydrogen-bond donors (Lipinski definition) is 1. The second-order valence-corrected chi connectivity index (χ2v) is 9.47. The molecule has 2 aromatic heterocycles. The normalized spacial score (nSPS) is 21.7. The SMILES string of the molecule is COc1cc(N2C[C@H]3CC[C@@H](C2)[C@@H]3Nc2nc(Oc3ccc(F)c(Cl)c3)n(C(C)C)n2)cnn1. The number of benzene rings is 1. The molecule has 3 atom stereocenters. The number of rotatable bonds is 7. The molecule has 1 N–H and O–H groups in total. The highest BCUT2D eigenvalue weighted by Crippen LogP contribution is 2.40. The van der Waals surface area contributed by atoms with Crippen LogP contribution < -0.4 is 19.7 Å². The Kier molecular flexibility index (Phi) is 6.16. The van der Waals surface area contributed by atoms with Crippen molar-refractivity contribution < 1.29 is 13.9 Å². The molecule has 0 unspecified atom stereocenters. The minimum atomic E-state index is -0.496. The van der Waals surface area contributed by atoms with Crippen molar-refractivity contribution in [3.05, 3.63) is 41.3 Å². The Morgan fingerprint density at radius 1 is 1.18 bits per heavy atom. The van der Waals surface area contributed by atoms with Gasteiger partial charge in [-0.3, -0.25) is 0 Å². The molecule has 0 amide bonds. The van der Waals surface area contributed by atoms with E-state index in [2.05, 4.69) is 30.5 Å². The van der Waals surface area contributed by atoms with Crippen molar-refractivity contribution in [3.63, 3.8) is 0 Å². The quantitative estimate of drug-likeness (QED) is 0.518. The Morgan fingerprint density at radius 3 is 2.62 bits per heavy atom. The van der Waals surface area contributed by atoms with Gasteiger partial charge in [0, 0.05) is 31.3 Å². The van der Waals surface area contributed by atoms with Crippen LogP contribution in [0.15, 0.2) is 30.5 Å². The molecule has 2 bridgehead atoms. The minimum Gasteiger partial charge on any atom is -0.480 e. The van der Waals surface area contributed by atoms with Crippen LogP contribution in [-0.4, -0.2) is 51.2 Å². The molecule has 1 aliphatic heterocycles. The van der Waals surface area contributed by atoms with Crippen LogP contribution in [0.4, 0.5) is 16.0 Å². The van der Waals surface area contributed by atoms with Gasteiger partial charge in [0.1, 0.15) is 11.6 Å². The zero-order chi connectivity index (χ0) is 23.8. The number of ether oxygens (including phenoxy) is 2. The lowest BCUT2D eigenvalue weighted by atomic mass is 9.92. The summed E-state index contributed by atoms with van der Waals surface area (Å²) >= 11 is 5.90. The predicted molar refractivity (Wildman–Crippen MR) is 126 cm³/mol. The van der Waals surface area contributed by atoms with Gasteiger partial charge in [-0.15, -0.1) is 10.2 Å². The van der Waals surface area contributed by atoms with Gasteiger partial charge in [-0.2, -0.15) is 10.1 Å². The summed E-state index contributed by atoms with van der Waals surface area (Å²) in [6.45, 7) is 5.82. The fraction of sp³-hybridized carbons (Fsp3) is 0.478. The molecule has 2 fully saturated rings. The maximum absolute atomic E-state index is 13.5. The van der Waals surface area contributed by atoms with Crippen molar-refractivity contribution >= 4 is 23.2 Å². The smallest absolute Gasteiger partial charge is 0.322 e. The first-order chi connectivity index (χ1) is 16.4. The third kappa shape index (κ3) is 4.46. The highest BCUT2D eigenvalue weighted by molar-refractivity contribution is 6.30.